The molecule has 8 nitrogen and oxygen atoms in total. The Morgan fingerprint density at radius 2 is 2.04 bits per heavy atom. The SMILES string of the molecule is COCCNC(=O)NC1CCN(c2nc3ccccc3n(C)c2=O)CC1. The monoisotopic (exact) mass is 359 g/mol. The Bertz CT molecular complexity index is 827. The predicted octanol–water partition coefficient (Wildman–Crippen LogP) is 0.848. The largest absolute Gasteiger partial charge is 0.383 e. The normalized spacial score (nSPS) is 15.2. The fourth-order valence-corrected chi connectivity index (χ4v) is 3.21. The van der Waals surface area contributed by atoms with Crippen molar-refractivity contribution < 1.29 is 9.53 Å². The Hall–Kier alpha value is -2.61. The molecule has 0 spiro atoms. The van der Waals surface area contributed by atoms with Gasteiger partial charge in [0, 0.05) is 39.8 Å². The Balaban J connectivity index is 1.63. The summed E-state index contributed by atoms with van der Waals surface area (Å²) in [6.07, 6.45) is 1.55. The van der Waals surface area contributed by atoms with Gasteiger partial charge in [0.05, 0.1) is 17.6 Å². The predicted molar refractivity (Wildman–Crippen MR) is 101 cm³/mol. The van der Waals surface area contributed by atoms with Gasteiger partial charge in [0.25, 0.3) is 5.56 Å². The molecule has 26 heavy (non-hydrogen) atoms. The van der Waals surface area contributed by atoms with Crippen LogP contribution >= 0.6 is 0 Å². The Labute approximate surface area is 152 Å². The zero-order chi connectivity index (χ0) is 18.5. The van der Waals surface area contributed by atoms with Crippen molar-refractivity contribution in [1.29, 1.82) is 0 Å². The van der Waals surface area contributed by atoms with Crippen LogP contribution in [0.2, 0.25) is 0 Å². The molecule has 2 aromatic rings. The lowest BCUT2D eigenvalue weighted by atomic mass is 10.1. The van der Waals surface area contributed by atoms with Crippen LogP contribution in [0.5, 0.6) is 0 Å². The number of nitrogens with zero attached hydrogens (tertiary/aromatic N) is 3. The number of amides is 2. The van der Waals surface area contributed by atoms with E-state index in [2.05, 4.69) is 15.6 Å². The van der Waals surface area contributed by atoms with E-state index in [-0.39, 0.29) is 17.6 Å². The number of carbonyl (C=O) groups excluding carboxylic acids is 1. The number of fused-ring (bicyclic) bond motifs is 1. The molecule has 1 saturated heterocycles. The Kier molecular flexibility index (Phi) is 5.72. The highest BCUT2D eigenvalue weighted by molar-refractivity contribution is 5.76. The first-order valence-corrected chi connectivity index (χ1v) is 8.84. The molecule has 0 bridgehead atoms. The molecular weight excluding hydrogens is 334 g/mol. The number of hydrogen-bond donors (Lipinski definition) is 2. The molecule has 1 aromatic heterocycles. The number of hydrogen-bond acceptors (Lipinski definition) is 5. The van der Waals surface area contributed by atoms with Crippen molar-refractivity contribution in [2.24, 2.45) is 7.05 Å². The summed E-state index contributed by atoms with van der Waals surface area (Å²) in [5.74, 6) is 0.481. The van der Waals surface area contributed by atoms with Gasteiger partial charge < -0.3 is 24.8 Å². The van der Waals surface area contributed by atoms with Crippen molar-refractivity contribution in [2.75, 3.05) is 38.3 Å². The molecule has 1 fully saturated rings. The number of piperidine rings is 1. The van der Waals surface area contributed by atoms with Gasteiger partial charge in [-0.25, -0.2) is 9.78 Å². The number of methoxy groups -OCH3 is 1. The van der Waals surface area contributed by atoms with E-state index in [1.165, 1.54) is 0 Å². The number of urea groups is 1. The number of benzene rings is 1. The summed E-state index contributed by atoms with van der Waals surface area (Å²) >= 11 is 0. The third-order valence-electron chi connectivity index (χ3n) is 4.69. The van der Waals surface area contributed by atoms with Crippen LogP contribution in [0.4, 0.5) is 10.6 Å². The van der Waals surface area contributed by atoms with E-state index in [0.717, 1.165) is 23.9 Å². The number of nitrogens with one attached hydrogen (secondary N) is 2. The molecule has 1 aliphatic heterocycles. The molecule has 2 amide bonds. The minimum Gasteiger partial charge on any atom is -0.383 e. The van der Waals surface area contributed by atoms with Crippen molar-refractivity contribution in [2.45, 2.75) is 18.9 Å². The van der Waals surface area contributed by atoms with Crippen LogP contribution in [0.1, 0.15) is 12.8 Å². The minimum atomic E-state index is -0.180. The lowest BCUT2D eigenvalue weighted by Gasteiger charge is -2.33. The van der Waals surface area contributed by atoms with Crippen molar-refractivity contribution in [3.63, 3.8) is 0 Å². The van der Waals surface area contributed by atoms with Crippen LogP contribution in [0.25, 0.3) is 11.0 Å². The van der Waals surface area contributed by atoms with Gasteiger partial charge in [-0.15, -0.1) is 0 Å². The number of aryl methyl sites for hydroxylation is 1. The smallest absolute Gasteiger partial charge is 0.315 e. The number of para-hydroxylation sites is 2. The molecule has 1 aliphatic rings. The van der Waals surface area contributed by atoms with E-state index >= 15 is 0 Å². The molecule has 0 atom stereocenters. The number of aromatic nitrogens is 2. The molecule has 140 valence electrons. The topological polar surface area (TPSA) is 88.5 Å². The van der Waals surface area contributed by atoms with Gasteiger partial charge in [0.15, 0.2) is 5.82 Å². The maximum Gasteiger partial charge on any atom is 0.315 e. The number of anilines is 1. The molecule has 0 aliphatic carbocycles. The van der Waals surface area contributed by atoms with Crippen LogP contribution in [-0.4, -0.2) is 55.0 Å². The van der Waals surface area contributed by atoms with Crippen molar-refractivity contribution in [1.82, 2.24) is 20.2 Å². The van der Waals surface area contributed by atoms with E-state index in [1.54, 1.807) is 18.7 Å². The lowest BCUT2D eigenvalue weighted by Crippen LogP contribution is -2.49. The van der Waals surface area contributed by atoms with E-state index < -0.39 is 0 Å². The number of carbonyl (C=O) groups is 1. The van der Waals surface area contributed by atoms with E-state index in [0.29, 0.717) is 32.1 Å². The maximum absolute atomic E-state index is 12.7. The van der Waals surface area contributed by atoms with Crippen LogP contribution in [0.15, 0.2) is 29.1 Å². The molecule has 0 radical (unpaired) electrons. The van der Waals surface area contributed by atoms with Crippen molar-refractivity contribution >= 4 is 22.9 Å². The summed E-state index contributed by atoms with van der Waals surface area (Å²) in [5.41, 5.74) is 1.54. The molecule has 1 aromatic carbocycles. The summed E-state index contributed by atoms with van der Waals surface area (Å²) in [4.78, 5) is 31.1. The fraction of sp³-hybridized carbons (Fsp3) is 0.500. The van der Waals surface area contributed by atoms with Crippen molar-refractivity contribution in [3.05, 3.63) is 34.6 Å². The van der Waals surface area contributed by atoms with Gasteiger partial charge in [-0.2, -0.15) is 0 Å². The molecule has 2 N–H and O–H groups in total. The van der Waals surface area contributed by atoms with Crippen LogP contribution in [-0.2, 0) is 11.8 Å². The quantitative estimate of drug-likeness (QED) is 0.773. The lowest BCUT2D eigenvalue weighted by molar-refractivity contribution is 0.194. The van der Waals surface area contributed by atoms with E-state index in [9.17, 15) is 9.59 Å². The summed E-state index contributed by atoms with van der Waals surface area (Å²) in [6, 6.07) is 7.54. The first kappa shape index (κ1) is 18.2. The second-order valence-electron chi connectivity index (χ2n) is 6.44. The third kappa shape index (κ3) is 3.96. The molecule has 2 heterocycles. The molecule has 0 saturated carbocycles. The highest BCUT2D eigenvalue weighted by atomic mass is 16.5. The number of ether oxygens (including phenoxy) is 1. The number of rotatable bonds is 5. The van der Waals surface area contributed by atoms with Crippen LogP contribution < -0.4 is 21.1 Å². The van der Waals surface area contributed by atoms with Crippen LogP contribution in [0.3, 0.4) is 0 Å². The van der Waals surface area contributed by atoms with Crippen molar-refractivity contribution in [3.8, 4) is 0 Å². The second-order valence-corrected chi connectivity index (χ2v) is 6.44. The molecular formula is C18H25N5O3. The summed E-state index contributed by atoms with van der Waals surface area (Å²) in [6.45, 7) is 2.34. The minimum absolute atomic E-state index is 0.0904. The Morgan fingerprint density at radius 1 is 1.31 bits per heavy atom. The third-order valence-corrected chi connectivity index (χ3v) is 4.69. The maximum atomic E-state index is 12.7. The summed E-state index contributed by atoms with van der Waals surface area (Å²) < 4.78 is 6.55. The van der Waals surface area contributed by atoms with E-state index in [4.69, 9.17) is 4.74 Å². The molecule has 3 rings (SSSR count). The van der Waals surface area contributed by atoms with Gasteiger partial charge in [0.1, 0.15) is 0 Å². The Morgan fingerprint density at radius 3 is 2.77 bits per heavy atom. The summed E-state index contributed by atoms with van der Waals surface area (Å²) in [7, 11) is 3.37. The second kappa shape index (κ2) is 8.18. The summed E-state index contributed by atoms with van der Waals surface area (Å²) in [5, 5.41) is 5.73. The van der Waals surface area contributed by atoms with Gasteiger partial charge in [0.2, 0.25) is 0 Å². The van der Waals surface area contributed by atoms with Gasteiger partial charge >= 0.3 is 6.03 Å². The fourth-order valence-electron chi connectivity index (χ4n) is 3.21. The first-order valence-electron chi connectivity index (χ1n) is 8.84. The van der Waals surface area contributed by atoms with Gasteiger partial charge in [-0.3, -0.25) is 4.79 Å². The zero-order valence-corrected chi connectivity index (χ0v) is 15.2. The standard InChI is InChI=1S/C18H25N5O3/c1-22-15-6-4-3-5-14(15)21-16(17(22)24)23-10-7-13(8-11-23)20-18(25)19-9-12-26-2/h3-6,13H,7-12H2,1-2H3,(H2,19,20,25). The average molecular weight is 359 g/mol. The molecule has 8 heteroatoms. The first-order chi connectivity index (χ1) is 12.6. The average Bonchev–Trinajstić information content (AvgIpc) is 2.66. The molecule has 0 unspecified atom stereocenters. The highest BCUT2D eigenvalue weighted by Gasteiger charge is 2.24. The van der Waals surface area contributed by atoms with Gasteiger partial charge in [-0.05, 0) is 25.0 Å². The zero-order valence-electron chi connectivity index (χ0n) is 15.2. The van der Waals surface area contributed by atoms with Gasteiger partial charge in [-0.1, -0.05) is 12.1 Å². The highest BCUT2D eigenvalue weighted by Crippen LogP contribution is 2.18. The van der Waals surface area contributed by atoms with E-state index in [1.807, 2.05) is 29.2 Å². The van der Waals surface area contributed by atoms with Crippen LogP contribution in [0, 0.1) is 0 Å².